The molecule has 0 bridgehead atoms. The van der Waals surface area contributed by atoms with Crippen molar-refractivity contribution in [3.05, 3.63) is 45.4 Å². The van der Waals surface area contributed by atoms with Crippen LogP contribution >= 0.6 is 11.3 Å². The largest absolute Gasteiger partial charge is 0.483 e. The van der Waals surface area contributed by atoms with Gasteiger partial charge in [0, 0.05) is 17.8 Å². The first-order valence-electron chi connectivity index (χ1n) is 8.17. The molecule has 0 saturated carbocycles. The standard InChI is InChI=1S/C18H20N2O3S/c21-11-13-5-1-3-7-15(13)23-12-17(22)19-10-9-18-20-14-6-2-4-8-16(14)24-18/h1,3,5,7,11H,2,4,6,8-10,12H2,(H,19,22). The summed E-state index contributed by atoms with van der Waals surface area (Å²) in [6.07, 6.45) is 6.18. The van der Waals surface area contributed by atoms with Gasteiger partial charge in [-0.15, -0.1) is 11.3 Å². The third-order valence-corrected chi connectivity index (χ3v) is 5.17. The van der Waals surface area contributed by atoms with Crippen molar-refractivity contribution in [1.29, 1.82) is 0 Å². The van der Waals surface area contributed by atoms with Gasteiger partial charge in [-0.2, -0.15) is 0 Å². The highest BCUT2D eigenvalue weighted by Gasteiger charge is 2.15. The van der Waals surface area contributed by atoms with Crippen molar-refractivity contribution < 1.29 is 14.3 Å². The number of benzene rings is 1. The van der Waals surface area contributed by atoms with Crippen LogP contribution in [0.3, 0.4) is 0 Å². The first kappa shape index (κ1) is 16.6. The number of amides is 1. The van der Waals surface area contributed by atoms with Crippen molar-refractivity contribution >= 4 is 23.5 Å². The molecule has 1 amide bonds. The van der Waals surface area contributed by atoms with E-state index in [1.54, 1.807) is 35.6 Å². The molecule has 0 atom stereocenters. The number of aryl methyl sites for hydroxylation is 2. The number of fused-ring (bicyclic) bond motifs is 1. The predicted octanol–water partition coefficient (Wildman–Crippen LogP) is 2.57. The summed E-state index contributed by atoms with van der Waals surface area (Å²) in [4.78, 5) is 28.8. The van der Waals surface area contributed by atoms with Crippen molar-refractivity contribution in [2.24, 2.45) is 0 Å². The summed E-state index contributed by atoms with van der Waals surface area (Å²) in [7, 11) is 0. The molecule has 1 N–H and O–H groups in total. The summed E-state index contributed by atoms with van der Waals surface area (Å²) < 4.78 is 5.40. The summed E-state index contributed by atoms with van der Waals surface area (Å²) in [5.41, 5.74) is 1.69. The van der Waals surface area contributed by atoms with Gasteiger partial charge in [-0.25, -0.2) is 4.98 Å². The molecule has 126 valence electrons. The lowest BCUT2D eigenvalue weighted by molar-refractivity contribution is -0.123. The van der Waals surface area contributed by atoms with Crippen LogP contribution in [0.25, 0.3) is 0 Å². The summed E-state index contributed by atoms with van der Waals surface area (Å²) in [6, 6.07) is 6.86. The zero-order valence-corrected chi connectivity index (χ0v) is 14.2. The highest BCUT2D eigenvalue weighted by atomic mass is 32.1. The summed E-state index contributed by atoms with van der Waals surface area (Å²) in [5.74, 6) is 0.229. The maximum atomic E-state index is 11.9. The molecule has 3 rings (SSSR count). The van der Waals surface area contributed by atoms with Crippen molar-refractivity contribution in [3.63, 3.8) is 0 Å². The number of thiazole rings is 1. The fraction of sp³-hybridized carbons (Fsp3) is 0.389. The van der Waals surface area contributed by atoms with Crippen LogP contribution in [0.15, 0.2) is 24.3 Å². The number of hydrogen-bond donors (Lipinski definition) is 1. The summed E-state index contributed by atoms with van der Waals surface area (Å²) >= 11 is 1.77. The zero-order valence-electron chi connectivity index (χ0n) is 13.4. The molecule has 1 heterocycles. The normalized spacial score (nSPS) is 13.2. The fourth-order valence-corrected chi connectivity index (χ4v) is 3.88. The van der Waals surface area contributed by atoms with Gasteiger partial charge in [0.2, 0.25) is 0 Å². The predicted molar refractivity (Wildman–Crippen MR) is 92.8 cm³/mol. The molecule has 0 radical (unpaired) electrons. The Labute approximate surface area is 145 Å². The van der Waals surface area contributed by atoms with Gasteiger partial charge >= 0.3 is 0 Å². The molecule has 1 aliphatic carbocycles. The number of nitrogens with one attached hydrogen (secondary N) is 1. The molecule has 0 spiro atoms. The monoisotopic (exact) mass is 344 g/mol. The number of aldehydes is 1. The molecule has 0 fully saturated rings. The lowest BCUT2D eigenvalue weighted by atomic mass is 10.0. The van der Waals surface area contributed by atoms with Crippen molar-refractivity contribution in [2.45, 2.75) is 32.1 Å². The molecule has 1 aliphatic rings. The van der Waals surface area contributed by atoms with E-state index in [0.29, 0.717) is 17.9 Å². The molecule has 24 heavy (non-hydrogen) atoms. The van der Waals surface area contributed by atoms with E-state index in [1.165, 1.54) is 23.4 Å². The van der Waals surface area contributed by atoms with Crippen LogP contribution in [-0.2, 0) is 24.1 Å². The Morgan fingerprint density at radius 2 is 2.12 bits per heavy atom. The van der Waals surface area contributed by atoms with Gasteiger partial charge < -0.3 is 10.1 Å². The van der Waals surface area contributed by atoms with Crippen molar-refractivity contribution in [2.75, 3.05) is 13.2 Å². The van der Waals surface area contributed by atoms with E-state index in [4.69, 9.17) is 4.74 Å². The van der Waals surface area contributed by atoms with E-state index < -0.39 is 0 Å². The second-order valence-electron chi connectivity index (χ2n) is 5.73. The third kappa shape index (κ3) is 4.20. The lowest BCUT2D eigenvalue weighted by Crippen LogP contribution is -2.30. The second-order valence-corrected chi connectivity index (χ2v) is 6.90. The summed E-state index contributed by atoms with van der Waals surface area (Å²) in [5, 5.41) is 3.93. The molecule has 0 aliphatic heterocycles. The minimum absolute atomic E-state index is 0.0980. The molecule has 6 heteroatoms. The van der Waals surface area contributed by atoms with Gasteiger partial charge in [-0.05, 0) is 37.8 Å². The number of rotatable bonds is 7. The van der Waals surface area contributed by atoms with Gasteiger partial charge in [-0.3, -0.25) is 9.59 Å². The van der Waals surface area contributed by atoms with E-state index >= 15 is 0 Å². The van der Waals surface area contributed by atoms with E-state index in [2.05, 4.69) is 10.3 Å². The lowest BCUT2D eigenvalue weighted by Gasteiger charge is -2.08. The van der Waals surface area contributed by atoms with Crippen LogP contribution in [0.4, 0.5) is 0 Å². The molecule has 5 nitrogen and oxygen atoms in total. The third-order valence-electron chi connectivity index (χ3n) is 3.96. The van der Waals surface area contributed by atoms with Gasteiger partial charge in [0.25, 0.3) is 5.91 Å². The van der Waals surface area contributed by atoms with Gasteiger partial charge in [0.1, 0.15) is 5.75 Å². The smallest absolute Gasteiger partial charge is 0.257 e. The van der Waals surface area contributed by atoms with Gasteiger partial charge in [0.15, 0.2) is 12.9 Å². The Hall–Kier alpha value is -2.21. The minimum atomic E-state index is -0.197. The van der Waals surface area contributed by atoms with Crippen molar-refractivity contribution in [1.82, 2.24) is 10.3 Å². The van der Waals surface area contributed by atoms with Crippen LogP contribution in [0.1, 0.15) is 38.8 Å². The van der Waals surface area contributed by atoms with E-state index in [0.717, 1.165) is 30.6 Å². The van der Waals surface area contributed by atoms with Crippen LogP contribution in [0.5, 0.6) is 5.75 Å². The van der Waals surface area contributed by atoms with Crippen LogP contribution < -0.4 is 10.1 Å². The number of para-hydroxylation sites is 1. The topological polar surface area (TPSA) is 68.3 Å². The SMILES string of the molecule is O=Cc1ccccc1OCC(=O)NCCc1nc2c(s1)CCCC2. The fourth-order valence-electron chi connectivity index (χ4n) is 2.72. The van der Waals surface area contributed by atoms with Crippen LogP contribution in [0, 0.1) is 0 Å². The maximum absolute atomic E-state index is 11.9. The molecular formula is C18H20N2O3S. The molecule has 1 aromatic carbocycles. The molecular weight excluding hydrogens is 324 g/mol. The van der Waals surface area contributed by atoms with Crippen LogP contribution in [-0.4, -0.2) is 30.3 Å². The van der Waals surface area contributed by atoms with E-state index in [9.17, 15) is 9.59 Å². The highest BCUT2D eigenvalue weighted by Crippen LogP contribution is 2.26. The number of ether oxygens (including phenoxy) is 1. The number of nitrogens with zero attached hydrogens (tertiary/aromatic N) is 1. The molecule has 0 saturated heterocycles. The van der Waals surface area contributed by atoms with Crippen LogP contribution in [0.2, 0.25) is 0 Å². The van der Waals surface area contributed by atoms with Crippen molar-refractivity contribution in [3.8, 4) is 5.75 Å². The Bertz CT molecular complexity index is 703. The van der Waals surface area contributed by atoms with E-state index in [-0.39, 0.29) is 12.5 Å². The first-order chi connectivity index (χ1) is 11.8. The average molecular weight is 344 g/mol. The highest BCUT2D eigenvalue weighted by molar-refractivity contribution is 7.11. The number of carbonyl (C=O) groups is 2. The minimum Gasteiger partial charge on any atom is -0.483 e. The average Bonchev–Trinajstić information content (AvgIpc) is 3.03. The maximum Gasteiger partial charge on any atom is 0.257 e. The Morgan fingerprint density at radius 3 is 2.96 bits per heavy atom. The Balaban J connectivity index is 1.42. The van der Waals surface area contributed by atoms with Gasteiger partial charge in [0.05, 0.1) is 16.3 Å². The molecule has 0 unspecified atom stereocenters. The Kier molecular flexibility index (Phi) is 5.59. The van der Waals surface area contributed by atoms with Gasteiger partial charge in [-0.1, -0.05) is 12.1 Å². The molecule has 2 aromatic rings. The quantitative estimate of drug-likeness (QED) is 0.784. The zero-order chi connectivity index (χ0) is 16.8. The Morgan fingerprint density at radius 1 is 1.29 bits per heavy atom. The second kappa shape index (κ2) is 8.06. The number of carbonyl (C=O) groups excluding carboxylic acids is 2. The number of hydrogen-bond acceptors (Lipinski definition) is 5. The van der Waals surface area contributed by atoms with E-state index in [1.807, 2.05) is 0 Å². The number of aromatic nitrogens is 1. The molecule has 1 aromatic heterocycles. The summed E-state index contributed by atoms with van der Waals surface area (Å²) in [6.45, 7) is 0.448. The first-order valence-corrected chi connectivity index (χ1v) is 8.99.